The molecule has 0 saturated heterocycles. The van der Waals surface area contributed by atoms with Crippen molar-refractivity contribution >= 4 is 17.2 Å². The molecule has 0 aromatic carbocycles. The number of carbonyl (C=O) groups is 1. The molecule has 1 rings (SSSR count). The summed E-state index contributed by atoms with van der Waals surface area (Å²) in [5, 5.41) is 11.1. The summed E-state index contributed by atoms with van der Waals surface area (Å²) in [6, 6.07) is 1.87. The number of aliphatic hydroxyl groups is 1. The lowest BCUT2D eigenvalue weighted by Crippen LogP contribution is -2.25. The van der Waals surface area contributed by atoms with Gasteiger partial charge in [-0.25, -0.2) is 0 Å². The maximum atomic E-state index is 11.4. The number of aryl methyl sites for hydroxylation is 2. The minimum Gasteiger partial charge on any atom is -0.395 e. The van der Waals surface area contributed by atoms with Gasteiger partial charge in [0.05, 0.1) is 11.5 Å². The Labute approximate surface area is 81.4 Å². The van der Waals surface area contributed by atoms with E-state index in [4.69, 9.17) is 5.11 Å². The molecule has 4 heteroatoms. The quantitative estimate of drug-likeness (QED) is 0.765. The fourth-order valence-electron chi connectivity index (χ4n) is 0.942. The van der Waals surface area contributed by atoms with Crippen molar-refractivity contribution in [2.45, 2.75) is 13.8 Å². The molecule has 0 saturated carbocycles. The molecule has 0 atom stereocenters. The third-order valence-corrected chi connectivity index (χ3v) is 2.94. The van der Waals surface area contributed by atoms with Crippen molar-refractivity contribution in [2.24, 2.45) is 0 Å². The van der Waals surface area contributed by atoms with Crippen LogP contribution in [0.15, 0.2) is 6.07 Å². The van der Waals surface area contributed by atoms with E-state index in [0.717, 1.165) is 10.4 Å². The lowest BCUT2D eigenvalue weighted by Gasteiger charge is -1.98. The molecule has 1 aromatic heterocycles. The number of aliphatic hydroxyl groups excluding tert-OH is 1. The van der Waals surface area contributed by atoms with Gasteiger partial charge in [0.15, 0.2) is 0 Å². The molecule has 0 aliphatic heterocycles. The van der Waals surface area contributed by atoms with Gasteiger partial charge >= 0.3 is 0 Å². The normalized spacial score (nSPS) is 10.1. The fourth-order valence-corrected chi connectivity index (χ4v) is 1.89. The first kappa shape index (κ1) is 10.2. The molecular formula is C9H13NO2S. The van der Waals surface area contributed by atoms with Gasteiger partial charge in [0, 0.05) is 11.4 Å². The largest absolute Gasteiger partial charge is 0.395 e. The van der Waals surface area contributed by atoms with Crippen molar-refractivity contribution < 1.29 is 9.90 Å². The topological polar surface area (TPSA) is 49.3 Å². The smallest absolute Gasteiger partial charge is 0.261 e. The van der Waals surface area contributed by atoms with E-state index in [0.29, 0.717) is 11.4 Å². The summed E-state index contributed by atoms with van der Waals surface area (Å²) in [6.07, 6.45) is 0. The number of amides is 1. The Bertz CT molecular complexity index is 287. The third-order valence-electron chi connectivity index (χ3n) is 1.79. The van der Waals surface area contributed by atoms with Gasteiger partial charge in [0.2, 0.25) is 0 Å². The molecule has 72 valence electrons. The summed E-state index contributed by atoms with van der Waals surface area (Å²) >= 11 is 1.48. The minimum atomic E-state index is -0.102. The molecule has 0 bridgehead atoms. The van der Waals surface area contributed by atoms with Crippen molar-refractivity contribution in [1.29, 1.82) is 0 Å². The molecule has 1 amide bonds. The second-order valence-corrected chi connectivity index (χ2v) is 4.09. The molecule has 0 radical (unpaired) electrons. The average Bonchev–Trinajstić information content (AvgIpc) is 2.43. The van der Waals surface area contributed by atoms with Crippen LogP contribution >= 0.6 is 11.3 Å². The van der Waals surface area contributed by atoms with Crippen LogP contribution < -0.4 is 5.32 Å². The number of nitrogens with one attached hydrogen (secondary N) is 1. The molecule has 3 nitrogen and oxygen atoms in total. The van der Waals surface area contributed by atoms with Gasteiger partial charge in [-0.3, -0.25) is 4.79 Å². The predicted molar refractivity (Wildman–Crippen MR) is 53.2 cm³/mol. The third kappa shape index (κ3) is 2.54. The lowest BCUT2D eigenvalue weighted by molar-refractivity contribution is 0.0949. The first-order valence-electron chi connectivity index (χ1n) is 4.11. The van der Waals surface area contributed by atoms with Crippen LogP contribution in [0.2, 0.25) is 0 Å². The van der Waals surface area contributed by atoms with Gasteiger partial charge < -0.3 is 10.4 Å². The van der Waals surface area contributed by atoms with Gasteiger partial charge in [0.1, 0.15) is 0 Å². The van der Waals surface area contributed by atoms with E-state index in [1.807, 2.05) is 19.9 Å². The summed E-state index contributed by atoms with van der Waals surface area (Å²) in [5.41, 5.74) is 1.14. The second-order valence-electron chi connectivity index (χ2n) is 2.83. The van der Waals surface area contributed by atoms with Gasteiger partial charge in [-0.15, -0.1) is 11.3 Å². The maximum absolute atomic E-state index is 11.4. The van der Waals surface area contributed by atoms with Gasteiger partial charge in [-0.05, 0) is 25.5 Å². The zero-order valence-corrected chi connectivity index (χ0v) is 8.57. The number of rotatable bonds is 3. The van der Waals surface area contributed by atoms with Crippen molar-refractivity contribution in [3.8, 4) is 0 Å². The highest BCUT2D eigenvalue weighted by Crippen LogP contribution is 2.20. The van der Waals surface area contributed by atoms with Crippen LogP contribution in [0.5, 0.6) is 0 Å². The monoisotopic (exact) mass is 199 g/mol. The van der Waals surface area contributed by atoms with E-state index in [1.54, 1.807) is 0 Å². The summed E-state index contributed by atoms with van der Waals surface area (Å²) in [7, 11) is 0. The van der Waals surface area contributed by atoms with E-state index in [-0.39, 0.29) is 12.5 Å². The summed E-state index contributed by atoms with van der Waals surface area (Å²) < 4.78 is 0. The Morgan fingerprint density at radius 3 is 2.77 bits per heavy atom. The number of hydrogen-bond donors (Lipinski definition) is 2. The van der Waals surface area contributed by atoms with Crippen molar-refractivity contribution in [3.63, 3.8) is 0 Å². The molecule has 2 N–H and O–H groups in total. The highest BCUT2D eigenvalue weighted by atomic mass is 32.1. The van der Waals surface area contributed by atoms with Gasteiger partial charge in [-0.1, -0.05) is 0 Å². The molecule has 0 aliphatic carbocycles. The Kier molecular flexibility index (Phi) is 3.45. The van der Waals surface area contributed by atoms with E-state index in [2.05, 4.69) is 5.32 Å². The molecular weight excluding hydrogens is 186 g/mol. The van der Waals surface area contributed by atoms with Crippen molar-refractivity contribution in [3.05, 3.63) is 21.4 Å². The number of hydrogen-bond acceptors (Lipinski definition) is 3. The second kappa shape index (κ2) is 4.39. The van der Waals surface area contributed by atoms with Crippen molar-refractivity contribution in [2.75, 3.05) is 13.2 Å². The summed E-state index contributed by atoms with van der Waals surface area (Å²) in [5.74, 6) is -0.102. The van der Waals surface area contributed by atoms with Crippen LogP contribution in [0.4, 0.5) is 0 Å². The van der Waals surface area contributed by atoms with Crippen LogP contribution in [0, 0.1) is 13.8 Å². The highest BCUT2D eigenvalue weighted by molar-refractivity contribution is 7.14. The van der Waals surface area contributed by atoms with Crippen LogP contribution in [-0.4, -0.2) is 24.2 Å². The Morgan fingerprint density at radius 1 is 1.62 bits per heavy atom. The predicted octanol–water partition coefficient (Wildman–Crippen LogP) is 1.09. The number of carbonyl (C=O) groups excluding carboxylic acids is 1. The van der Waals surface area contributed by atoms with E-state index < -0.39 is 0 Å². The summed E-state index contributed by atoms with van der Waals surface area (Å²) in [6.45, 7) is 4.27. The molecule has 0 fully saturated rings. The Hall–Kier alpha value is -0.870. The van der Waals surface area contributed by atoms with Crippen molar-refractivity contribution in [1.82, 2.24) is 5.32 Å². The summed E-state index contributed by atoms with van der Waals surface area (Å²) in [4.78, 5) is 13.2. The molecule has 0 aliphatic rings. The zero-order chi connectivity index (χ0) is 9.84. The van der Waals surface area contributed by atoms with Crippen LogP contribution in [0.3, 0.4) is 0 Å². The molecule has 13 heavy (non-hydrogen) atoms. The standard InChI is InChI=1S/C9H13NO2S/c1-6-5-8(13-7(6)2)9(12)10-3-4-11/h5,11H,3-4H2,1-2H3,(H,10,12). The average molecular weight is 199 g/mol. The lowest BCUT2D eigenvalue weighted by atomic mass is 10.3. The first-order chi connectivity index (χ1) is 6.15. The van der Waals surface area contributed by atoms with Gasteiger partial charge in [-0.2, -0.15) is 0 Å². The first-order valence-corrected chi connectivity index (χ1v) is 4.93. The van der Waals surface area contributed by atoms with Crippen LogP contribution in [0.25, 0.3) is 0 Å². The molecule has 1 aromatic rings. The minimum absolute atomic E-state index is 0.0188. The fraction of sp³-hybridized carbons (Fsp3) is 0.444. The van der Waals surface area contributed by atoms with Crippen LogP contribution in [-0.2, 0) is 0 Å². The SMILES string of the molecule is Cc1cc(C(=O)NCCO)sc1C. The molecule has 0 spiro atoms. The van der Waals surface area contributed by atoms with E-state index in [1.165, 1.54) is 11.3 Å². The Balaban J connectivity index is 2.66. The molecule has 1 heterocycles. The zero-order valence-electron chi connectivity index (χ0n) is 7.76. The van der Waals surface area contributed by atoms with E-state index in [9.17, 15) is 4.79 Å². The number of thiophene rings is 1. The maximum Gasteiger partial charge on any atom is 0.261 e. The van der Waals surface area contributed by atoms with Crippen LogP contribution in [0.1, 0.15) is 20.1 Å². The van der Waals surface area contributed by atoms with E-state index >= 15 is 0 Å². The molecule has 0 unspecified atom stereocenters. The Morgan fingerprint density at radius 2 is 2.31 bits per heavy atom. The highest BCUT2D eigenvalue weighted by Gasteiger charge is 2.08. The van der Waals surface area contributed by atoms with Gasteiger partial charge in [0.25, 0.3) is 5.91 Å².